The molecule has 174 valence electrons. The summed E-state index contributed by atoms with van der Waals surface area (Å²) in [5.74, 6) is 0.640. The molecule has 6 nitrogen and oxygen atoms in total. The number of anilines is 1. The zero-order valence-electron chi connectivity index (χ0n) is 19.0. The Labute approximate surface area is 206 Å². The minimum atomic E-state index is -0.483. The molecule has 1 N–H and O–H groups in total. The molecule has 33 heavy (non-hydrogen) atoms. The molecule has 0 bridgehead atoms. The van der Waals surface area contributed by atoms with Crippen molar-refractivity contribution in [1.29, 1.82) is 0 Å². The van der Waals surface area contributed by atoms with Gasteiger partial charge in [-0.1, -0.05) is 34.1 Å². The third-order valence-corrected chi connectivity index (χ3v) is 6.58. The predicted molar refractivity (Wildman–Crippen MR) is 135 cm³/mol. The van der Waals surface area contributed by atoms with E-state index in [-0.39, 0.29) is 12.3 Å². The third kappa shape index (κ3) is 5.94. The van der Waals surface area contributed by atoms with E-state index in [9.17, 15) is 9.59 Å². The zero-order chi connectivity index (χ0) is 24.0. The number of methoxy groups -OCH3 is 2. The van der Waals surface area contributed by atoms with Gasteiger partial charge in [-0.25, -0.2) is 4.79 Å². The van der Waals surface area contributed by atoms with Gasteiger partial charge in [0.05, 0.1) is 20.8 Å². The second kappa shape index (κ2) is 11.3. The molecule has 0 aliphatic carbocycles. The second-order valence-corrected chi connectivity index (χ2v) is 9.34. The maximum absolute atomic E-state index is 12.8. The van der Waals surface area contributed by atoms with Crippen LogP contribution in [0.3, 0.4) is 0 Å². The van der Waals surface area contributed by atoms with Gasteiger partial charge in [0.2, 0.25) is 5.91 Å². The number of amides is 1. The molecule has 8 heteroatoms. The Bertz CT molecular complexity index is 1140. The van der Waals surface area contributed by atoms with Crippen LogP contribution in [0.1, 0.15) is 34.1 Å². The number of halogens is 1. The fourth-order valence-corrected chi connectivity index (χ4v) is 4.83. The summed E-state index contributed by atoms with van der Waals surface area (Å²) in [5, 5.41) is 3.40. The summed E-state index contributed by atoms with van der Waals surface area (Å²) in [6.45, 7) is 4.38. The Balaban J connectivity index is 1.79. The van der Waals surface area contributed by atoms with E-state index in [1.54, 1.807) is 7.11 Å². The number of ether oxygens (including phenoxy) is 3. The van der Waals surface area contributed by atoms with Crippen LogP contribution in [0.15, 0.2) is 46.9 Å². The van der Waals surface area contributed by atoms with Crippen molar-refractivity contribution >= 4 is 44.1 Å². The first-order chi connectivity index (χ1) is 15.9. The van der Waals surface area contributed by atoms with Crippen molar-refractivity contribution in [3.8, 4) is 22.6 Å². The van der Waals surface area contributed by atoms with Gasteiger partial charge in [0.25, 0.3) is 0 Å². The molecule has 0 unspecified atom stereocenters. The van der Waals surface area contributed by atoms with Crippen molar-refractivity contribution in [3.63, 3.8) is 0 Å². The van der Waals surface area contributed by atoms with E-state index in [1.165, 1.54) is 18.4 Å². The minimum absolute atomic E-state index is 0.184. The van der Waals surface area contributed by atoms with Crippen LogP contribution < -0.4 is 14.8 Å². The van der Waals surface area contributed by atoms with E-state index in [0.29, 0.717) is 35.1 Å². The molecular weight excluding hydrogens is 506 g/mol. The maximum Gasteiger partial charge on any atom is 0.341 e. The lowest BCUT2D eigenvalue weighted by atomic mass is 10.0. The molecule has 0 aliphatic heterocycles. The van der Waals surface area contributed by atoms with E-state index in [1.807, 2.05) is 56.3 Å². The molecule has 0 saturated carbocycles. The van der Waals surface area contributed by atoms with Crippen LogP contribution in [0, 0.1) is 6.92 Å². The molecule has 3 rings (SSSR count). The number of benzene rings is 2. The fourth-order valence-electron chi connectivity index (χ4n) is 3.48. The second-order valence-electron chi connectivity index (χ2n) is 7.20. The predicted octanol–water partition coefficient (Wildman–Crippen LogP) is 6.25. The monoisotopic (exact) mass is 531 g/mol. The van der Waals surface area contributed by atoms with Gasteiger partial charge in [-0.05, 0) is 55.7 Å². The van der Waals surface area contributed by atoms with E-state index >= 15 is 0 Å². The topological polar surface area (TPSA) is 73.9 Å². The lowest BCUT2D eigenvalue weighted by Crippen LogP contribution is -2.14. The highest BCUT2D eigenvalue weighted by Crippen LogP contribution is 2.40. The Hall–Kier alpha value is -2.84. The smallest absolute Gasteiger partial charge is 0.341 e. The van der Waals surface area contributed by atoms with E-state index in [4.69, 9.17) is 14.2 Å². The van der Waals surface area contributed by atoms with Gasteiger partial charge in [0, 0.05) is 21.3 Å². The number of carbonyl (C=O) groups is 2. The Morgan fingerprint density at radius 2 is 1.79 bits per heavy atom. The molecule has 0 atom stereocenters. The van der Waals surface area contributed by atoms with Gasteiger partial charge in [0.1, 0.15) is 10.6 Å². The Morgan fingerprint density at radius 3 is 2.42 bits per heavy atom. The molecule has 0 radical (unpaired) electrons. The number of esters is 1. The lowest BCUT2D eigenvalue weighted by Gasteiger charge is -2.11. The Kier molecular flexibility index (Phi) is 8.52. The van der Waals surface area contributed by atoms with Crippen LogP contribution in [0.5, 0.6) is 11.5 Å². The third-order valence-electron chi connectivity index (χ3n) is 5.03. The van der Waals surface area contributed by atoms with E-state index in [0.717, 1.165) is 26.0 Å². The molecule has 0 saturated heterocycles. The van der Waals surface area contributed by atoms with Gasteiger partial charge >= 0.3 is 5.97 Å². The van der Waals surface area contributed by atoms with Crippen LogP contribution >= 0.6 is 27.3 Å². The molecule has 3 aromatic rings. The van der Waals surface area contributed by atoms with Crippen molar-refractivity contribution in [2.75, 3.05) is 26.1 Å². The maximum atomic E-state index is 12.8. The number of aryl methyl sites for hydroxylation is 2. The zero-order valence-corrected chi connectivity index (χ0v) is 21.4. The fraction of sp³-hybridized carbons (Fsp3) is 0.280. The summed E-state index contributed by atoms with van der Waals surface area (Å²) in [6, 6.07) is 13.3. The van der Waals surface area contributed by atoms with Crippen molar-refractivity contribution in [2.45, 2.75) is 26.7 Å². The molecule has 1 amide bonds. The average molecular weight is 532 g/mol. The number of thiophene rings is 1. The standard InChI is InChI=1S/C25H26BrNO5S/c1-5-32-19-12-6-16(14-20(19)30-3)7-13-21(28)27-24-23(25(29)31-4)22(15(2)33-24)17-8-10-18(26)11-9-17/h6,8-12,14H,5,7,13H2,1-4H3,(H,27,28). The minimum Gasteiger partial charge on any atom is -0.493 e. The van der Waals surface area contributed by atoms with Crippen molar-refractivity contribution in [3.05, 3.63) is 62.9 Å². The normalized spacial score (nSPS) is 10.6. The average Bonchev–Trinajstić information content (AvgIpc) is 3.13. The van der Waals surface area contributed by atoms with E-state index in [2.05, 4.69) is 21.2 Å². The quantitative estimate of drug-likeness (QED) is 0.330. The largest absolute Gasteiger partial charge is 0.493 e. The lowest BCUT2D eigenvalue weighted by molar-refractivity contribution is -0.116. The highest BCUT2D eigenvalue weighted by molar-refractivity contribution is 9.10. The first-order valence-electron chi connectivity index (χ1n) is 10.4. The highest BCUT2D eigenvalue weighted by Gasteiger charge is 2.25. The summed E-state index contributed by atoms with van der Waals surface area (Å²) in [4.78, 5) is 26.3. The molecule has 1 aromatic heterocycles. The van der Waals surface area contributed by atoms with Crippen LogP contribution in [-0.2, 0) is 16.0 Å². The number of carbonyl (C=O) groups excluding carboxylic acids is 2. The van der Waals surface area contributed by atoms with E-state index < -0.39 is 5.97 Å². The van der Waals surface area contributed by atoms with Crippen molar-refractivity contribution in [1.82, 2.24) is 0 Å². The van der Waals surface area contributed by atoms with Crippen molar-refractivity contribution in [2.24, 2.45) is 0 Å². The van der Waals surface area contributed by atoms with Crippen molar-refractivity contribution < 1.29 is 23.8 Å². The summed E-state index contributed by atoms with van der Waals surface area (Å²) in [6.07, 6.45) is 0.772. The molecule has 1 heterocycles. The van der Waals surface area contributed by atoms with Crippen LogP contribution in [-0.4, -0.2) is 32.7 Å². The molecular formula is C25H26BrNO5S. The van der Waals surface area contributed by atoms with Crippen LogP contribution in [0.4, 0.5) is 5.00 Å². The van der Waals surface area contributed by atoms with Gasteiger partial charge in [-0.2, -0.15) is 0 Å². The molecule has 2 aromatic carbocycles. The first-order valence-corrected chi connectivity index (χ1v) is 12.1. The number of hydrogen-bond acceptors (Lipinski definition) is 6. The van der Waals surface area contributed by atoms with Gasteiger partial charge in [-0.15, -0.1) is 11.3 Å². The van der Waals surface area contributed by atoms with Gasteiger partial charge in [0.15, 0.2) is 11.5 Å². The first kappa shape index (κ1) is 24.8. The molecule has 0 fully saturated rings. The summed E-state index contributed by atoms with van der Waals surface area (Å²) >= 11 is 4.80. The van der Waals surface area contributed by atoms with Gasteiger partial charge < -0.3 is 19.5 Å². The highest BCUT2D eigenvalue weighted by atomic mass is 79.9. The number of rotatable bonds is 9. The van der Waals surface area contributed by atoms with Gasteiger partial charge in [-0.3, -0.25) is 4.79 Å². The van der Waals surface area contributed by atoms with Crippen LogP contribution in [0.2, 0.25) is 0 Å². The SMILES string of the molecule is CCOc1ccc(CCC(=O)Nc2sc(C)c(-c3ccc(Br)cc3)c2C(=O)OC)cc1OC. The molecule has 0 aliphatic rings. The molecule has 0 spiro atoms. The Morgan fingerprint density at radius 1 is 1.06 bits per heavy atom. The summed E-state index contributed by atoms with van der Waals surface area (Å²) < 4.78 is 16.9. The summed E-state index contributed by atoms with van der Waals surface area (Å²) in [7, 11) is 2.93. The number of hydrogen-bond donors (Lipinski definition) is 1. The number of nitrogens with one attached hydrogen (secondary N) is 1. The van der Waals surface area contributed by atoms with Crippen LogP contribution in [0.25, 0.3) is 11.1 Å². The summed E-state index contributed by atoms with van der Waals surface area (Å²) in [5.41, 5.74) is 2.98.